The molecule has 0 unspecified atom stereocenters. The predicted molar refractivity (Wildman–Crippen MR) is 138 cm³/mol. The van der Waals surface area contributed by atoms with Gasteiger partial charge >= 0.3 is 6.11 Å². The largest absolute Gasteiger partial charge is 0.489 e. The van der Waals surface area contributed by atoms with Crippen molar-refractivity contribution in [3.63, 3.8) is 0 Å². The van der Waals surface area contributed by atoms with E-state index in [4.69, 9.17) is 4.74 Å². The second-order valence-electron chi connectivity index (χ2n) is 8.81. The highest BCUT2D eigenvalue weighted by Gasteiger charge is 2.41. The number of ether oxygens (including phenoxy) is 2. The summed E-state index contributed by atoms with van der Waals surface area (Å²) in [6.45, 7) is 3.37. The second kappa shape index (κ2) is 13.1. The third-order valence-electron chi connectivity index (χ3n) is 5.63. The summed E-state index contributed by atoms with van der Waals surface area (Å²) in [6, 6.07) is 3.57. The van der Waals surface area contributed by atoms with Gasteiger partial charge in [0.2, 0.25) is 0 Å². The van der Waals surface area contributed by atoms with E-state index >= 15 is 0 Å². The normalized spacial score (nSPS) is 10.8. The first-order chi connectivity index (χ1) is 21.2. The van der Waals surface area contributed by atoms with E-state index in [-0.39, 0.29) is 42.2 Å². The number of alkyl halides is 2. The fourth-order valence-electron chi connectivity index (χ4n) is 3.66. The summed E-state index contributed by atoms with van der Waals surface area (Å²) in [5.41, 5.74) is -4.69. The molecule has 4 aromatic rings. The first-order valence-electron chi connectivity index (χ1n) is 12.2. The maximum Gasteiger partial charge on any atom is 0.432 e. The third-order valence-corrected chi connectivity index (χ3v) is 5.63. The lowest BCUT2D eigenvalue weighted by molar-refractivity contribution is -0.189. The molecular formula is C32H13F11O2. The van der Waals surface area contributed by atoms with Gasteiger partial charge in [0.05, 0.1) is 11.1 Å². The minimum atomic E-state index is -4.86. The van der Waals surface area contributed by atoms with Crippen LogP contribution in [0.15, 0.2) is 61.2 Å². The van der Waals surface area contributed by atoms with Gasteiger partial charge in [0.25, 0.3) is 0 Å². The second-order valence-corrected chi connectivity index (χ2v) is 8.81. The average Bonchev–Trinajstić information content (AvgIpc) is 2.93. The number of benzene rings is 4. The standard InChI is InChI=1S/C32H13F11O2/c1-2-7-44-18-12-24(35)21(25(36)13-18)6-3-16-8-22(33)20(23(34)9-16)5-4-17-10-26(37)30(27(38)11-17)32(42,43)45-19-14-28(39)31(41)29(40)15-19/h2,8-15H,1,7H2. The van der Waals surface area contributed by atoms with Gasteiger partial charge in [-0.05, 0) is 24.3 Å². The van der Waals surface area contributed by atoms with Gasteiger partial charge in [-0.15, -0.1) is 0 Å². The fraction of sp³-hybridized carbons (Fsp3) is 0.0625. The van der Waals surface area contributed by atoms with Crippen LogP contribution in [-0.2, 0) is 6.11 Å². The lowest BCUT2D eigenvalue weighted by Gasteiger charge is -2.19. The van der Waals surface area contributed by atoms with Gasteiger partial charge in [-0.1, -0.05) is 36.3 Å². The summed E-state index contributed by atoms with van der Waals surface area (Å²) < 4.78 is 165. The summed E-state index contributed by atoms with van der Waals surface area (Å²) in [7, 11) is 0. The molecule has 13 heteroatoms. The van der Waals surface area contributed by atoms with Crippen LogP contribution in [0.2, 0.25) is 0 Å². The lowest BCUT2D eigenvalue weighted by atomic mass is 10.1. The molecule has 0 fully saturated rings. The van der Waals surface area contributed by atoms with Crippen LogP contribution in [-0.4, -0.2) is 6.61 Å². The molecule has 0 N–H and O–H groups in total. The predicted octanol–water partition coefficient (Wildman–Crippen LogP) is 8.43. The molecule has 0 atom stereocenters. The Bertz CT molecular complexity index is 1850. The number of hydrogen-bond donors (Lipinski definition) is 0. The van der Waals surface area contributed by atoms with Crippen LogP contribution < -0.4 is 9.47 Å². The lowest BCUT2D eigenvalue weighted by Crippen LogP contribution is -2.25. The zero-order chi connectivity index (χ0) is 33.1. The van der Waals surface area contributed by atoms with Gasteiger partial charge in [0.1, 0.15) is 58.6 Å². The third kappa shape index (κ3) is 7.39. The molecule has 0 saturated carbocycles. The minimum Gasteiger partial charge on any atom is -0.489 e. The van der Waals surface area contributed by atoms with Crippen molar-refractivity contribution in [1.29, 1.82) is 0 Å². The Morgan fingerprint density at radius 1 is 0.556 bits per heavy atom. The average molecular weight is 638 g/mol. The molecule has 0 aromatic heterocycles. The highest BCUT2D eigenvalue weighted by atomic mass is 19.3. The SMILES string of the molecule is C=CCOc1cc(F)c(C#Cc2cc(F)c(C#Cc3cc(F)c(C(F)(F)Oc4cc(F)c(F)c(F)c4)c(F)c3)c(F)c2)c(F)c1. The highest BCUT2D eigenvalue weighted by Crippen LogP contribution is 2.36. The Morgan fingerprint density at radius 3 is 1.40 bits per heavy atom. The smallest absolute Gasteiger partial charge is 0.432 e. The maximum absolute atomic E-state index is 14.6. The van der Waals surface area contributed by atoms with Gasteiger partial charge in [0, 0.05) is 35.4 Å². The molecule has 0 saturated heterocycles. The minimum absolute atomic E-state index is 0.0246. The van der Waals surface area contributed by atoms with E-state index in [1.54, 1.807) is 0 Å². The Kier molecular flexibility index (Phi) is 9.43. The molecule has 4 aromatic carbocycles. The summed E-state index contributed by atoms with van der Waals surface area (Å²) in [5, 5.41) is 0. The molecule has 45 heavy (non-hydrogen) atoms. The Labute approximate surface area is 247 Å². The summed E-state index contributed by atoms with van der Waals surface area (Å²) in [4.78, 5) is 0. The molecule has 0 amide bonds. The van der Waals surface area contributed by atoms with E-state index in [2.05, 4.69) is 23.2 Å². The first kappa shape index (κ1) is 32.5. The van der Waals surface area contributed by atoms with Crippen molar-refractivity contribution >= 4 is 0 Å². The van der Waals surface area contributed by atoms with Crippen molar-refractivity contribution in [3.05, 3.63) is 141 Å². The van der Waals surface area contributed by atoms with Crippen LogP contribution in [0.25, 0.3) is 0 Å². The topological polar surface area (TPSA) is 18.5 Å². The van der Waals surface area contributed by atoms with Crippen molar-refractivity contribution in [2.24, 2.45) is 0 Å². The molecule has 2 nitrogen and oxygen atoms in total. The van der Waals surface area contributed by atoms with E-state index in [0.29, 0.717) is 12.1 Å². The van der Waals surface area contributed by atoms with Crippen molar-refractivity contribution in [3.8, 4) is 35.2 Å². The monoisotopic (exact) mass is 638 g/mol. The molecule has 0 aliphatic carbocycles. The van der Waals surface area contributed by atoms with E-state index in [1.165, 1.54) is 6.08 Å². The summed E-state index contributed by atoms with van der Waals surface area (Å²) in [5.74, 6) is -7.82. The zero-order valence-corrected chi connectivity index (χ0v) is 22.1. The molecule has 0 spiro atoms. The van der Waals surface area contributed by atoms with Gasteiger partial charge in [-0.2, -0.15) is 8.78 Å². The number of rotatable bonds is 6. The van der Waals surface area contributed by atoms with E-state index < -0.39 is 86.5 Å². The van der Waals surface area contributed by atoms with Gasteiger partial charge in [0.15, 0.2) is 17.5 Å². The van der Waals surface area contributed by atoms with Crippen LogP contribution in [0.3, 0.4) is 0 Å². The molecule has 0 heterocycles. The number of halogens is 11. The fourth-order valence-corrected chi connectivity index (χ4v) is 3.66. The van der Waals surface area contributed by atoms with Crippen LogP contribution in [0.1, 0.15) is 27.8 Å². The maximum atomic E-state index is 14.6. The van der Waals surface area contributed by atoms with E-state index in [9.17, 15) is 48.3 Å². The molecule has 0 bridgehead atoms. The van der Waals surface area contributed by atoms with Gasteiger partial charge in [-0.3, -0.25) is 0 Å². The van der Waals surface area contributed by atoms with E-state index in [1.807, 2.05) is 11.8 Å². The Balaban J connectivity index is 1.58. The molecule has 0 radical (unpaired) electrons. The van der Waals surface area contributed by atoms with Crippen molar-refractivity contribution in [1.82, 2.24) is 0 Å². The van der Waals surface area contributed by atoms with Crippen LogP contribution in [0.5, 0.6) is 11.5 Å². The van der Waals surface area contributed by atoms with Crippen molar-refractivity contribution < 1.29 is 57.8 Å². The summed E-state index contributed by atoms with van der Waals surface area (Å²) in [6.07, 6.45) is -3.52. The van der Waals surface area contributed by atoms with Crippen molar-refractivity contribution in [2.45, 2.75) is 6.11 Å². The molecule has 0 aliphatic rings. The van der Waals surface area contributed by atoms with Gasteiger partial charge in [-0.25, -0.2) is 39.5 Å². The molecule has 230 valence electrons. The van der Waals surface area contributed by atoms with Crippen molar-refractivity contribution in [2.75, 3.05) is 6.61 Å². The molecule has 4 rings (SSSR count). The quantitative estimate of drug-likeness (QED) is 0.0914. The van der Waals surface area contributed by atoms with E-state index in [0.717, 1.165) is 12.1 Å². The number of hydrogen-bond acceptors (Lipinski definition) is 2. The molecular weight excluding hydrogens is 625 g/mol. The summed E-state index contributed by atoms with van der Waals surface area (Å²) >= 11 is 0. The Hall–Kier alpha value is -5.43. The van der Waals surface area contributed by atoms with Gasteiger partial charge < -0.3 is 9.47 Å². The van der Waals surface area contributed by atoms with Crippen LogP contribution in [0.4, 0.5) is 48.3 Å². The highest BCUT2D eigenvalue weighted by molar-refractivity contribution is 5.51. The van der Waals surface area contributed by atoms with Crippen LogP contribution >= 0.6 is 0 Å². The Morgan fingerprint density at radius 2 is 0.956 bits per heavy atom. The first-order valence-corrected chi connectivity index (χ1v) is 12.2. The molecule has 0 aliphatic heterocycles. The van der Waals surface area contributed by atoms with Crippen LogP contribution in [0, 0.1) is 76.0 Å². The zero-order valence-electron chi connectivity index (χ0n) is 22.1.